The molecule has 3 aliphatic rings. The summed E-state index contributed by atoms with van der Waals surface area (Å²) in [5.41, 5.74) is 1.33. The summed E-state index contributed by atoms with van der Waals surface area (Å²) >= 11 is 0. The van der Waals surface area contributed by atoms with Gasteiger partial charge in [0.15, 0.2) is 0 Å². The van der Waals surface area contributed by atoms with Gasteiger partial charge in [0.2, 0.25) is 11.8 Å². The van der Waals surface area contributed by atoms with Crippen molar-refractivity contribution in [2.24, 2.45) is 5.41 Å². The number of nitrogens with zero attached hydrogens (tertiary/aromatic N) is 2. The molecule has 3 heterocycles. The summed E-state index contributed by atoms with van der Waals surface area (Å²) in [6, 6.07) is 9.38. The third-order valence-electron chi connectivity index (χ3n) is 6.49. The van der Waals surface area contributed by atoms with E-state index in [1.165, 1.54) is 6.42 Å². The number of rotatable bonds is 3. The predicted molar refractivity (Wildman–Crippen MR) is 108 cm³/mol. The molecule has 0 saturated carbocycles. The van der Waals surface area contributed by atoms with Crippen molar-refractivity contribution in [3.05, 3.63) is 35.9 Å². The summed E-state index contributed by atoms with van der Waals surface area (Å²) in [5, 5.41) is 3.48. The zero-order valence-corrected chi connectivity index (χ0v) is 16.7. The van der Waals surface area contributed by atoms with Gasteiger partial charge in [-0.25, -0.2) is 0 Å². The fourth-order valence-electron chi connectivity index (χ4n) is 4.79. The summed E-state index contributed by atoms with van der Waals surface area (Å²) in [4.78, 5) is 29.8. The maximum Gasteiger partial charge on any atom is 0.250 e. The van der Waals surface area contributed by atoms with Crippen molar-refractivity contribution in [2.75, 3.05) is 32.7 Å². The molecule has 1 aromatic rings. The first-order valence-corrected chi connectivity index (χ1v) is 10.0. The Morgan fingerprint density at radius 1 is 1.04 bits per heavy atom. The van der Waals surface area contributed by atoms with Crippen molar-refractivity contribution in [3.63, 3.8) is 0 Å². The van der Waals surface area contributed by atoms with E-state index in [0.29, 0.717) is 18.4 Å². The minimum Gasteiger partial charge on any atom is -0.341 e. The molecule has 1 atom stereocenters. The molecule has 2 amide bonds. The number of piperidine rings is 2. The molecule has 1 spiro atoms. The van der Waals surface area contributed by atoms with E-state index >= 15 is 0 Å². The first-order chi connectivity index (χ1) is 12.7. The van der Waals surface area contributed by atoms with Crippen LogP contribution in [0.3, 0.4) is 0 Å². The Hall–Kier alpha value is -1.59. The highest BCUT2D eigenvalue weighted by molar-refractivity contribution is 5.89. The monoisotopic (exact) mass is 391 g/mol. The lowest BCUT2D eigenvalue weighted by molar-refractivity contribution is -0.149. The highest BCUT2D eigenvalue weighted by Crippen LogP contribution is 2.38. The van der Waals surface area contributed by atoms with Crippen LogP contribution in [0.5, 0.6) is 0 Å². The Morgan fingerprint density at radius 3 is 2.41 bits per heavy atom. The van der Waals surface area contributed by atoms with Gasteiger partial charge in [0.1, 0.15) is 6.04 Å². The number of benzene rings is 1. The summed E-state index contributed by atoms with van der Waals surface area (Å²) in [7, 11) is 0. The SMILES string of the molecule is Cl.O=C(C(c1ccccc1)N1CCCCC1=O)N1CCC2(CCNC2)CC1. The van der Waals surface area contributed by atoms with Gasteiger partial charge in [0.05, 0.1) is 0 Å². The fourth-order valence-corrected chi connectivity index (χ4v) is 4.79. The van der Waals surface area contributed by atoms with Crippen LogP contribution in [0.4, 0.5) is 0 Å². The normalized spacial score (nSPS) is 23.2. The largest absolute Gasteiger partial charge is 0.341 e. The van der Waals surface area contributed by atoms with Gasteiger partial charge in [0.25, 0.3) is 0 Å². The lowest BCUT2D eigenvalue weighted by Gasteiger charge is -2.42. The first-order valence-electron chi connectivity index (χ1n) is 10.0. The molecule has 3 saturated heterocycles. The van der Waals surface area contributed by atoms with Crippen LogP contribution in [-0.4, -0.2) is 54.3 Å². The average Bonchev–Trinajstić information content (AvgIpc) is 3.13. The number of likely N-dealkylation sites (tertiary alicyclic amines) is 2. The molecule has 0 aromatic heterocycles. The third-order valence-corrected chi connectivity index (χ3v) is 6.49. The molecule has 6 heteroatoms. The molecule has 0 aliphatic carbocycles. The minimum absolute atomic E-state index is 0. The van der Waals surface area contributed by atoms with Gasteiger partial charge in [-0.3, -0.25) is 9.59 Å². The number of carbonyl (C=O) groups excluding carboxylic acids is 2. The van der Waals surface area contributed by atoms with Crippen LogP contribution in [0.15, 0.2) is 30.3 Å². The fraction of sp³-hybridized carbons (Fsp3) is 0.619. The van der Waals surface area contributed by atoms with Crippen LogP contribution in [-0.2, 0) is 9.59 Å². The van der Waals surface area contributed by atoms with Crippen molar-refractivity contribution in [1.29, 1.82) is 0 Å². The molecule has 148 valence electrons. The predicted octanol–water partition coefficient (Wildman–Crippen LogP) is 2.76. The van der Waals surface area contributed by atoms with Gasteiger partial charge in [-0.15, -0.1) is 12.4 Å². The summed E-state index contributed by atoms with van der Waals surface area (Å²) in [6.45, 7) is 4.49. The zero-order chi connectivity index (χ0) is 18.0. The second-order valence-corrected chi connectivity index (χ2v) is 8.11. The van der Waals surface area contributed by atoms with Crippen molar-refractivity contribution in [2.45, 2.75) is 44.6 Å². The van der Waals surface area contributed by atoms with Gasteiger partial charge in [0, 0.05) is 32.6 Å². The molecule has 1 aromatic carbocycles. The molecule has 0 bridgehead atoms. The second-order valence-electron chi connectivity index (χ2n) is 8.11. The van der Waals surface area contributed by atoms with Crippen molar-refractivity contribution in [1.82, 2.24) is 15.1 Å². The topological polar surface area (TPSA) is 52.7 Å². The molecule has 1 N–H and O–H groups in total. The number of carbonyl (C=O) groups is 2. The van der Waals surface area contributed by atoms with E-state index in [9.17, 15) is 9.59 Å². The summed E-state index contributed by atoms with van der Waals surface area (Å²) in [5.74, 6) is 0.221. The maximum absolute atomic E-state index is 13.5. The van der Waals surface area contributed by atoms with Gasteiger partial charge in [-0.1, -0.05) is 30.3 Å². The Morgan fingerprint density at radius 2 is 1.78 bits per heavy atom. The number of hydrogen-bond acceptors (Lipinski definition) is 3. The van der Waals surface area contributed by atoms with Crippen LogP contribution >= 0.6 is 12.4 Å². The van der Waals surface area contributed by atoms with E-state index in [-0.39, 0.29) is 24.2 Å². The van der Waals surface area contributed by atoms with E-state index < -0.39 is 6.04 Å². The molecule has 3 fully saturated rings. The number of nitrogens with one attached hydrogen (secondary N) is 1. The van der Waals surface area contributed by atoms with E-state index in [1.54, 1.807) is 0 Å². The quantitative estimate of drug-likeness (QED) is 0.861. The van der Waals surface area contributed by atoms with Gasteiger partial charge in [-0.2, -0.15) is 0 Å². The molecular formula is C21H30ClN3O2. The Labute approximate surface area is 167 Å². The Bertz CT molecular complexity index is 651. The van der Waals surface area contributed by atoms with Crippen LogP contribution in [0.2, 0.25) is 0 Å². The lowest BCUT2D eigenvalue weighted by atomic mass is 9.77. The zero-order valence-electron chi connectivity index (χ0n) is 15.9. The van der Waals surface area contributed by atoms with E-state index in [1.807, 2.05) is 40.1 Å². The summed E-state index contributed by atoms with van der Waals surface area (Å²) < 4.78 is 0. The van der Waals surface area contributed by atoms with Crippen molar-refractivity contribution < 1.29 is 9.59 Å². The average molecular weight is 392 g/mol. The van der Waals surface area contributed by atoms with Crippen LogP contribution in [0.25, 0.3) is 0 Å². The maximum atomic E-state index is 13.5. The third kappa shape index (κ3) is 4.14. The molecule has 4 rings (SSSR count). The lowest BCUT2D eigenvalue weighted by Crippen LogP contribution is -2.50. The Kier molecular flexibility index (Phi) is 6.43. The smallest absolute Gasteiger partial charge is 0.250 e. The Balaban J connectivity index is 0.00000210. The number of halogens is 1. The number of amides is 2. The van der Waals surface area contributed by atoms with Gasteiger partial charge >= 0.3 is 0 Å². The van der Waals surface area contributed by atoms with E-state index in [4.69, 9.17) is 0 Å². The van der Waals surface area contributed by atoms with E-state index in [0.717, 1.165) is 57.4 Å². The van der Waals surface area contributed by atoms with Crippen LogP contribution in [0, 0.1) is 5.41 Å². The van der Waals surface area contributed by atoms with E-state index in [2.05, 4.69) is 5.32 Å². The molecule has 3 aliphatic heterocycles. The molecular weight excluding hydrogens is 362 g/mol. The minimum atomic E-state index is -0.459. The van der Waals surface area contributed by atoms with Crippen molar-refractivity contribution >= 4 is 24.2 Å². The highest BCUT2D eigenvalue weighted by Gasteiger charge is 2.41. The highest BCUT2D eigenvalue weighted by atomic mass is 35.5. The standard InChI is InChI=1S/C21H29N3O2.ClH/c25-18-8-4-5-13-24(18)19(17-6-2-1-3-7-17)20(26)23-14-10-21(11-15-23)9-12-22-16-21;/h1-3,6-7,19,22H,4-5,8-16H2;1H. The van der Waals surface area contributed by atoms with Gasteiger partial charge < -0.3 is 15.1 Å². The number of hydrogen-bond donors (Lipinski definition) is 1. The molecule has 0 radical (unpaired) electrons. The van der Waals surface area contributed by atoms with Crippen molar-refractivity contribution in [3.8, 4) is 0 Å². The van der Waals surface area contributed by atoms with Crippen LogP contribution in [0.1, 0.15) is 50.1 Å². The van der Waals surface area contributed by atoms with Crippen LogP contribution < -0.4 is 5.32 Å². The second kappa shape index (κ2) is 8.61. The molecule has 27 heavy (non-hydrogen) atoms. The molecule has 5 nitrogen and oxygen atoms in total. The molecule has 1 unspecified atom stereocenters. The summed E-state index contributed by atoms with van der Waals surface area (Å²) in [6.07, 6.45) is 5.84. The van der Waals surface area contributed by atoms with Gasteiger partial charge in [-0.05, 0) is 49.6 Å². The first kappa shape index (κ1) is 20.2.